The zero-order chi connectivity index (χ0) is 10.8. The summed E-state index contributed by atoms with van der Waals surface area (Å²) >= 11 is 6.12. The van der Waals surface area contributed by atoms with Gasteiger partial charge in [0.1, 0.15) is 5.75 Å². The van der Waals surface area contributed by atoms with E-state index in [1.165, 1.54) is 0 Å². The van der Waals surface area contributed by atoms with Gasteiger partial charge in [-0.15, -0.1) is 0 Å². The van der Waals surface area contributed by atoms with E-state index in [0.717, 1.165) is 27.1 Å². The summed E-state index contributed by atoms with van der Waals surface area (Å²) in [5, 5.41) is 2.72. The maximum atomic E-state index is 6.12. The Morgan fingerprint density at radius 2 is 2.07 bits per heavy atom. The van der Waals surface area contributed by atoms with Crippen LogP contribution in [0.1, 0.15) is 5.56 Å². The van der Waals surface area contributed by atoms with Crippen LogP contribution in [-0.4, -0.2) is 7.11 Å². The Labute approximate surface area is 93.6 Å². The predicted octanol–water partition coefficient (Wildman–Crippen LogP) is 2.96. The van der Waals surface area contributed by atoms with Crippen molar-refractivity contribution in [3.63, 3.8) is 0 Å². The molecule has 15 heavy (non-hydrogen) atoms. The smallest absolute Gasteiger partial charge is 0.127 e. The van der Waals surface area contributed by atoms with Gasteiger partial charge in [-0.2, -0.15) is 0 Å². The highest BCUT2D eigenvalue weighted by molar-refractivity contribution is 6.35. The third-order valence-corrected chi connectivity index (χ3v) is 2.75. The lowest BCUT2D eigenvalue weighted by molar-refractivity contribution is 0.419. The standard InChI is InChI=1S/C12H12ClNO/c1-15-12-6-8(7-14)5-10-9(12)3-2-4-11(10)13/h2-6H,7,14H2,1H3. The summed E-state index contributed by atoms with van der Waals surface area (Å²) in [7, 11) is 1.65. The van der Waals surface area contributed by atoms with Gasteiger partial charge in [0, 0.05) is 22.3 Å². The second-order valence-electron chi connectivity index (χ2n) is 3.34. The summed E-state index contributed by atoms with van der Waals surface area (Å²) in [5.41, 5.74) is 6.64. The minimum Gasteiger partial charge on any atom is -0.496 e. The quantitative estimate of drug-likeness (QED) is 0.846. The topological polar surface area (TPSA) is 35.2 Å². The minimum atomic E-state index is 0.484. The summed E-state index contributed by atoms with van der Waals surface area (Å²) in [5.74, 6) is 0.815. The molecule has 78 valence electrons. The molecule has 0 atom stereocenters. The van der Waals surface area contributed by atoms with Gasteiger partial charge < -0.3 is 10.5 Å². The van der Waals surface area contributed by atoms with Crippen LogP contribution in [0.3, 0.4) is 0 Å². The molecule has 2 nitrogen and oxygen atoms in total. The highest BCUT2D eigenvalue weighted by atomic mass is 35.5. The molecule has 2 rings (SSSR count). The van der Waals surface area contributed by atoms with Gasteiger partial charge in [-0.05, 0) is 23.8 Å². The van der Waals surface area contributed by atoms with E-state index >= 15 is 0 Å². The second kappa shape index (κ2) is 4.09. The van der Waals surface area contributed by atoms with Crippen LogP contribution in [0.5, 0.6) is 5.75 Å². The third-order valence-electron chi connectivity index (χ3n) is 2.42. The number of hydrogen-bond donors (Lipinski definition) is 1. The number of fused-ring (bicyclic) bond motifs is 1. The molecule has 0 saturated heterocycles. The monoisotopic (exact) mass is 221 g/mol. The molecule has 2 N–H and O–H groups in total. The molecule has 0 bridgehead atoms. The Morgan fingerprint density at radius 1 is 1.27 bits per heavy atom. The second-order valence-corrected chi connectivity index (χ2v) is 3.74. The van der Waals surface area contributed by atoms with Crippen LogP contribution < -0.4 is 10.5 Å². The molecule has 0 radical (unpaired) electrons. The van der Waals surface area contributed by atoms with Crippen LogP contribution in [0.4, 0.5) is 0 Å². The lowest BCUT2D eigenvalue weighted by Gasteiger charge is -2.09. The normalized spacial score (nSPS) is 10.6. The molecule has 0 saturated carbocycles. The van der Waals surface area contributed by atoms with E-state index in [0.29, 0.717) is 6.54 Å². The Bertz CT molecular complexity index is 496. The number of ether oxygens (including phenoxy) is 1. The number of rotatable bonds is 2. The lowest BCUT2D eigenvalue weighted by atomic mass is 10.1. The van der Waals surface area contributed by atoms with Crippen LogP contribution in [0, 0.1) is 0 Å². The van der Waals surface area contributed by atoms with Crippen LogP contribution in [0.2, 0.25) is 5.02 Å². The Balaban J connectivity index is 2.80. The zero-order valence-corrected chi connectivity index (χ0v) is 9.21. The molecular formula is C12H12ClNO. The maximum Gasteiger partial charge on any atom is 0.127 e. The van der Waals surface area contributed by atoms with Crippen LogP contribution in [-0.2, 0) is 6.54 Å². The van der Waals surface area contributed by atoms with Gasteiger partial charge >= 0.3 is 0 Å². The Hall–Kier alpha value is -1.25. The molecule has 0 aliphatic rings. The largest absolute Gasteiger partial charge is 0.496 e. The maximum absolute atomic E-state index is 6.12. The van der Waals surface area contributed by atoms with E-state index in [1.54, 1.807) is 7.11 Å². The van der Waals surface area contributed by atoms with E-state index < -0.39 is 0 Å². The van der Waals surface area contributed by atoms with Crippen molar-refractivity contribution in [3.05, 3.63) is 40.9 Å². The van der Waals surface area contributed by atoms with E-state index in [2.05, 4.69) is 0 Å². The van der Waals surface area contributed by atoms with Crippen LogP contribution in [0.25, 0.3) is 10.8 Å². The van der Waals surface area contributed by atoms with Crippen LogP contribution in [0.15, 0.2) is 30.3 Å². The fraction of sp³-hybridized carbons (Fsp3) is 0.167. The fourth-order valence-corrected chi connectivity index (χ4v) is 1.89. The predicted molar refractivity (Wildman–Crippen MR) is 63.4 cm³/mol. The van der Waals surface area contributed by atoms with Gasteiger partial charge in [0.05, 0.1) is 7.11 Å². The van der Waals surface area contributed by atoms with E-state index in [4.69, 9.17) is 22.1 Å². The number of nitrogens with two attached hydrogens (primary N) is 1. The van der Waals surface area contributed by atoms with Gasteiger partial charge in [0.15, 0.2) is 0 Å². The van der Waals surface area contributed by atoms with Crippen molar-refractivity contribution in [1.82, 2.24) is 0 Å². The van der Waals surface area contributed by atoms with Gasteiger partial charge in [-0.25, -0.2) is 0 Å². The van der Waals surface area contributed by atoms with Gasteiger partial charge in [-0.3, -0.25) is 0 Å². The molecule has 0 unspecified atom stereocenters. The first-order valence-electron chi connectivity index (χ1n) is 4.71. The van der Waals surface area contributed by atoms with Gasteiger partial charge in [0.25, 0.3) is 0 Å². The number of benzene rings is 2. The van der Waals surface area contributed by atoms with Gasteiger partial charge in [-0.1, -0.05) is 23.7 Å². The molecule has 0 aliphatic carbocycles. The first-order chi connectivity index (χ1) is 7.26. The molecule has 0 aliphatic heterocycles. The average Bonchev–Trinajstić information content (AvgIpc) is 2.28. The average molecular weight is 222 g/mol. The van der Waals surface area contributed by atoms with Crippen molar-refractivity contribution in [2.24, 2.45) is 5.73 Å². The Kier molecular flexibility index (Phi) is 2.80. The Morgan fingerprint density at radius 3 is 2.73 bits per heavy atom. The van der Waals surface area contributed by atoms with Crippen molar-refractivity contribution < 1.29 is 4.74 Å². The van der Waals surface area contributed by atoms with Crippen molar-refractivity contribution in [2.75, 3.05) is 7.11 Å². The molecule has 3 heteroatoms. The van der Waals surface area contributed by atoms with Crippen molar-refractivity contribution >= 4 is 22.4 Å². The molecular weight excluding hydrogens is 210 g/mol. The zero-order valence-electron chi connectivity index (χ0n) is 8.46. The number of methoxy groups -OCH3 is 1. The van der Waals surface area contributed by atoms with Gasteiger partial charge in [0.2, 0.25) is 0 Å². The summed E-state index contributed by atoms with van der Waals surface area (Å²) in [6, 6.07) is 9.71. The fourth-order valence-electron chi connectivity index (χ4n) is 1.66. The summed E-state index contributed by atoms with van der Waals surface area (Å²) in [6.45, 7) is 0.484. The first kappa shape index (κ1) is 10.3. The highest BCUT2D eigenvalue weighted by Crippen LogP contribution is 2.31. The van der Waals surface area contributed by atoms with Crippen LogP contribution >= 0.6 is 11.6 Å². The van der Waals surface area contributed by atoms with Crippen molar-refractivity contribution in [3.8, 4) is 5.75 Å². The van der Waals surface area contributed by atoms with Crippen molar-refractivity contribution in [2.45, 2.75) is 6.54 Å². The first-order valence-corrected chi connectivity index (χ1v) is 5.09. The SMILES string of the molecule is COc1cc(CN)cc2c(Cl)cccc12. The molecule has 0 aromatic heterocycles. The van der Waals surface area contributed by atoms with Crippen molar-refractivity contribution in [1.29, 1.82) is 0 Å². The molecule has 0 heterocycles. The molecule has 2 aromatic carbocycles. The number of hydrogen-bond acceptors (Lipinski definition) is 2. The molecule has 0 fully saturated rings. The van der Waals surface area contributed by atoms with E-state index in [1.807, 2.05) is 30.3 Å². The number of halogens is 1. The summed E-state index contributed by atoms with van der Waals surface area (Å²) in [4.78, 5) is 0. The minimum absolute atomic E-state index is 0.484. The summed E-state index contributed by atoms with van der Waals surface area (Å²) < 4.78 is 5.31. The molecule has 0 amide bonds. The molecule has 0 spiro atoms. The lowest BCUT2D eigenvalue weighted by Crippen LogP contribution is -1.97. The molecule has 2 aromatic rings. The third kappa shape index (κ3) is 1.78. The van der Waals surface area contributed by atoms with E-state index in [9.17, 15) is 0 Å². The highest BCUT2D eigenvalue weighted by Gasteiger charge is 2.06. The summed E-state index contributed by atoms with van der Waals surface area (Å²) in [6.07, 6.45) is 0. The van der Waals surface area contributed by atoms with E-state index in [-0.39, 0.29) is 0 Å².